The van der Waals surface area contributed by atoms with E-state index >= 15 is 0 Å². The minimum Gasteiger partial charge on any atom is -0.388 e. The molecule has 0 spiro atoms. The van der Waals surface area contributed by atoms with Gasteiger partial charge < -0.3 is 15.9 Å². The van der Waals surface area contributed by atoms with Crippen LogP contribution in [-0.4, -0.2) is 22.4 Å². The Morgan fingerprint density at radius 1 is 1.29 bits per heavy atom. The first kappa shape index (κ1) is 16.2. The summed E-state index contributed by atoms with van der Waals surface area (Å²) in [6.07, 6.45) is 8.43. The fraction of sp³-hybridized carbons (Fsp3) is 0.556. The zero-order valence-electron chi connectivity index (χ0n) is 12.8. The van der Waals surface area contributed by atoms with E-state index in [2.05, 4.69) is 0 Å². The molecule has 0 amide bonds. The molecule has 0 radical (unpaired) electrons. The predicted molar refractivity (Wildman–Crippen MR) is 86.7 cm³/mol. The molecule has 1 saturated carbocycles. The van der Waals surface area contributed by atoms with Gasteiger partial charge in [0.1, 0.15) is 0 Å². The Balaban J connectivity index is 2.10. The Morgan fingerprint density at radius 2 is 2.00 bits per heavy atom. The van der Waals surface area contributed by atoms with Crippen molar-refractivity contribution in [2.45, 2.75) is 50.7 Å². The molecule has 4 N–H and O–H groups in total. The summed E-state index contributed by atoms with van der Waals surface area (Å²) in [6, 6.07) is 7.82. The minimum absolute atomic E-state index is 0.0340. The lowest BCUT2D eigenvalue weighted by Gasteiger charge is -2.28. The molecule has 0 saturated heterocycles. The zero-order valence-corrected chi connectivity index (χ0v) is 12.8. The third kappa shape index (κ3) is 4.40. The van der Waals surface area contributed by atoms with Gasteiger partial charge in [-0.15, -0.1) is 0 Å². The Hall–Kier alpha value is -1.16. The van der Waals surface area contributed by atoms with Gasteiger partial charge in [-0.3, -0.25) is 0 Å². The average Bonchev–Trinajstić information content (AvgIpc) is 2.52. The Labute approximate surface area is 127 Å². The maximum absolute atomic E-state index is 10.5. The third-order valence-electron chi connectivity index (χ3n) is 4.47. The van der Waals surface area contributed by atoms with E-state index in [0.717, 1.165) is 36.8 Å². The summed E-state index contributed by atoms with van der Waals surface area (Å²) in [5.74, 6) is 0.0340. The van der Waals surface area contributed by atoms with Crippen LogP contribution in [0, 0.1) is 5.92 Å². The van der Waals surface area contributed by atoms with Gasteiger partial charge in [-0.25, -0.2) is 0 Å². The molecular formula is C18H27NO2. The summed E-state index contributed by atoms with van der Waals surface area (Å²) < 4.78 is 0. The van der Waals surface area contributed by atoms with Crippen LogP contribution < -0.4 is 5.73 Å². The molecule has 1 aliphatic rings. The second kappa shape index (κ2) is 7.21. The van der Waals surface area contributed by atoms with Crippen molar-refractivity contribution in [1.82, 2.24) is 0 Å². The fourth-order valence-corrected chi connectivity index (χ4v) is 2.89. The Bertz CT molecular complexity index is 478. The van der Waals surface area contributed by atoms with E-state index in [1.165, 1.54) is 6.42 Å². The van der Waals surface area contributed by atoms with E-state index in [1.807, 2.05) is 43.3 Å². The van der Waals surface area contributed by atoms with Gasteiger partial charge in [-0.2, -0.15) is 0 Å². The second-order valence-electron chi connectivity index (χ2n) is 6.33. The molecule has 2 rings (SSSR count). The molecule has 116 valence electrons. The largest absolute Gasteiger partial charge is 0.388 e. The highest BCUT2D eigenvalue weighted by Gasteiger charge is 2.25. The molecule has 1 aromatic carbocycles. The van der Waals surface area contributed by atoms with Crippen molar-refractivity contribution in [3.63, 3.8) is 0 Å². The van der Waals surface area contributed by atoms with Crippen molar-refractivity contribution in [2.24, 2.45) is 11.7 Å². The number of hydrogen-bond acceptors (Lipinski definition) is 3. The van der Waals surface area contributed by atoms with E-state index in [9.17, 15) is 10.2 Å². The van der Waals surface area contributed by atoms with Crippen LogP contribution in [0.25, 0.3) is 6.08 Å². The van der Waals surface area contributed by atoms with Crippen molar-refractivity contribution >= 4 is 6.08 Å². The van der Waals surface area contributed by atoms with Crippen molar-refractivity contribution in [2.75, 3.05) is 6.54 Å². The lowest BCUT2D eigenvalue weighted by molar-refractivity contribution is 0.0521. The smallest absolute Gasteiger partial charge is 0.0830 e. The number of hydrogen-bond donors (Lipinski definition) is 3. The van der Waals surface area contributed by atoms with Gasteiger partial charge in [0, 0.05) is 0 Å². The maximum Gasteiger partial charge on any atom is 0.0830 e. The van der Waals surface area contributed by atoms with Crippen LogP contribution in [0.2, 0.25) is 0 Å². The van der Waals surface area contributed by atoms with Crippen molar-refractivity contribution in [3.05, 3.63) is 41.5 Å². The molecule has 0 aromatic heterocycles. The Kier molecular flexibility index (Phi) is 5.57. The molecule has 0 aliphatic heterocycles. The lowest BCUT2D eigenvalue weighted by atomic mass is 9.84. The second-order valence-corrected chi connectivity index (χ2v) is 6.33. The van der Waals surface area contributed by atoms with Crippen LogP contribution in [0.3, 0.4) is 0 Å². The van der Waals surface area contributed by atoms with Gasteiger partial charge in [-0.05, 0) is 42.5 Å². The molecule has 0 bridgehead atoms. The van der Waals surface area contributed by atoms with Crippen molar-refractivity contribution in [3.8, 4) is 0 Å². The summed E-state index contributed by atoms with van der Waals surface area (Å²) in [5, 5.41) is 20.7. The first-order chi connectivity index (χ1) is 10.0. The number of rotatable bonds is 5. The topological polar surface area (TPSA) is 66.5 Å². The maximum atomic E-state index is 10.5. The first-order valence-corrected chi connectivity index (χ1v) is 7.94. The SMILES string of the molecule is C[C@H](CN)[C@@H](O)c1cccc(/C=C/C2(O)CCCCC2)c1. The summed E-state index contributed by atoms with van der Waals surface area (Å²) in [6.45, 7) is 2.40. The number of nitrogens with two attached hydrogens (primary N) is 1. The molecule has 0 heterocycles. The van der Waals surface area contributed by atoms with E-state index in [1.54, 1.807) is 0 Å². The summed E-state index contributed by atoms with van der Waals surface area (Å²) >= 11 is 0. The van der Waals surface area contributed by atoms with Gasteiger partial charge in [0.15, 0.2) is 0 Å². The molecule has 3 heteroatoms. The molecule has 1 aliphatic carbocycles. The minimum atomic E-state index is -0.655. The highest BCUT2D eigenvalue weighted by atomic mass is 16.3. The standard InChI is InChI=1S/C18H27NO2/c1-14(13-19)17(20)16-7-5-6-15(12-16)8-11-18(21)9-3-2-4-10-18/h5-8,11-12,14,17,20-21H,2-4,9-10,13,19H2,1H3/b11-8+/t14-,17-/m1/s1. The average molecular weight is 289 g/mol. The molecule has 1 fully saturated rings. The molecule has 0 unspecified atom stereocenters. The normalized spacial score (nSPS) is 21.3. The van der Waals surface area contributed by atoms with E-state index < -0.39 is 11.7 Å². The molecule has 3 nitrogen and oxygen atoms in total. The summed E-state index contributed by atoms with van der Waals surface area (Å²) in [5.41, 5.74) is 6.85. The quantitative estimate of drug-likeness (QED) is 0.780. The number of aliphatic hydroxyl groups is 2. The molecule has 1 aromatic rings. The van der Waals surface area contributed by atoms with Crippen LogP contribution in [0.1, 0.15) is 56.3 Å². The molecule has 21 heavy (non-hydrogen) atoms. The third-order valence-corrected chi connectivity index (χ3v) is 4.47. The number of benzene rings is 1. The van der Waals surface area contributed by atoms with Gasteiger partial charge in [0.25, 0.3) is 0 Å². The van der Waals surface area contributed by atoms with E-state index in [0.29, 0.717) is 6.54 Å². The van der Waals surface area contributed by atoms with Gasteiger partial charge >= 0.3 is 0 Å². The van der Waals surface area contributed by atoms with Gasteiger partial charge in [0.05, 0.1) is 11.7 Å². The Morgan fingerprint density at radius 3 is 2.67 bits per heavy atom. The van der Waals surface area contributed by atoms with Crippen molar-refractivity contribution in [1.29, 1.82) is 0 Å². The van der Waals surface area contributed by atoms with E-state index in [4.69, 9.17) is 5.73 Å². The zero-order chi connectivity index (χ0) is 15.3. The highest BCUT2D eigenvalue weighted by molar-refractivity contribution is 5.52. The summed E-state index contributed by atoms with van der Waals surface area (Å²) in [7, 11) is 0. The molecule has 2 atom stereocenters. The van der Waals surface area contributed by atoms with Crippen molar-refractivity contribution < 1.29 is 10.2 Å². The van der Waals surface area contributed by atoms with Crippen LogP contribution >= 0.6 is 0 Å². The lowest BCUT2D eigenvalue weighted by Crippen LogP contribution is -2.28. The van der Waals surface area contributed by atoms with Gasteiger partial charge in [0.2, 0.25) is 0 Å². The fourth-order valence-electron chi connectivity index (χ4n) is 2.89. The van der Waals surface area contributed by atoms with Crippen LogP contribution in [-0.2, 0) is 0 Å². The highest BCUT2D eigenvalue weighted by Crippen LogP contribution is 2.30. The summed E-state index contributed by atoms with van der Waals surface area (Å²) in [4.78, 5) is 0. The van der Waals surface area contributed by atoms with Gasteiger partial charge in [-0.1, -0.05) is 56.5 Å². The number of aliphatic hydroxyl groups excluding tert-OH is 1. The van der Waals surface area contributed by atoms with Crippen LogP contribution in [0.4, 0.5) is 0 Å². The van der Waals surface area contributed by atoms with E-state index in [-0.39, 0.29) is 5.92 Å². The first-order valence-electron chi connectivity index (χ1n) is 7.94. The predicted octanol–water partition coefficient (Wildman–Crippen LogP) is 3.02. The molecular weight excluding hydrogens is 262 g/mol. The monoisotopic (exact) mass is 289 g/mol. The van der Waals surface area contributed by atoms with Crippen LogP contribution in [0.5, 0.6) is 0 Å². The van der Waals surface area contributed by atoms with Crippen LogP contribution in [0.15, 0.2) is 30.3 Å².